The van der Waals surface area contributed by atoms with Gasteiger partial charge < -0.3 is 4.90 Å². The van der Waals surface area contributed by atoms with E-state index in [1.165, 1.54) is 0 Å². The summed E-state index contributed by atoms with van der Waals surface area (Å²) in [4.78, 5) is 2.32. The van der Waals surface area contributed by atoms with Crippen LogP contribution >= 0.6 is 11.6 Å². The fourth-order valence-electron chi connectivity index (χ4n) is 2.76. The summed E-state index contributed by atoms with van der Waals surface area (Å²) in [5.74, 6) is 0. The maximum absolute atomic E-state index is 11.3. The zero-order chi connectivity index (χ0) is 19.4. The van der Waals surface area contributed by atoms with Gasteiger partial charge in [0.25, 0.3) is 0 Å². The molecular formula is C19H21ClN4O2S. The number of nitrogens with two attached hydrogens (primary N) is 1. The van der Waals surface area contributed by atoms with Crippen molar-refractivity contribution in [1.82, 2.24) is 14.7 Å². The summed E-state index contributed by atoms with van der Waals surface area (Å²) in [7, 11) is -1.61. The standard InChI is InChI=1S/C19H21ClN4O2S/c1-23(10-9-15-5-7-19(8-6-15)27(21,25)26)13-16-12-22-24(14-16)18-4-2-3-17(20)11-18/h2-8,11-12,14H,9-10,13H2,1H3,(H2,21,25,26). The van der Waals surface area contributed by atoms with Gasteiger partial charge in [-0.2, -0.15) is 5.10 Å². The van der Waals surface area contributed by atoms with E-state index in [4.69, 9.17) is 16.7 Å². The van der Waals surface area contributed by atoms with Crippen molar-refractivity contribution in [2.24, 2.45) is 5.14 Å². The Morgan fingerprint density at radius 1 is 1.15 bits per heavy atom. The average molecular weight is 405 g/mol. The Bertz CT molecular complexity index is 1020. The monoisotopic (exact) mass is 404 g/mol. The summed E-state index contributed by atoms with van der Waals surface area (Å²) in [5, 5.41) is 10.2. The topological polar surface area (TPSA) is 81.2 Å². The van der Waals surface area contributed by atoms with Gasteiger partial charge >= 0.3 is 0 Å². The Morgan fingerprint density at radius 2 is 1.89 bits per heavy atom. The van der Waals surface area contributed by atoms with Crippen LogP contribution in [0.4, 0.5) is 0 Å². The van der Waals surface area contributed by atoms with Crippen LogP contribution in [0.1, 0.15) is 11.1 Å². The van der Waals surface area contributed by atoms with Gasteiger partial charge in [-0.3, -0.25) is 0 Å². The molecule has 0 saturated heterocycles. The highest BCUT2D eigenvalue weighted by Crippen LogP contribution is 2.15. The maximum Gasteiger partial charge on any atom is 0.238 e. The first kappa shape index (κ1) is 19.6. The zero-order valence-corrected chi connectivity index (χ0v) is 16.5. The van der Waals surface area contributed by atoms with Crippen LogP contribution in [0.25, 0.3) is 5.69 Å². The number of likely N-dealkylation sites (N-methyl/N-ethyl adjacent to an activating group) is 1. The van der Waals surface area contributed by atoms with Gasteiger partial charge in [0.05, 0.1) is 16.8 Å². The first-order valence-corrected chi connectivity index (χ1v) is 10.3. The summed E-state index contributed by atoms with van der Waals surface area (Å²) >= 11 is 6.03. The minimum atomic E-state index is -3.64. The predicted octanol–water partition coefficient (Wildman–Crippen LogP) is 2.85. The number of aromatic nitrogens is 2. The first-order valence-electron chi connectivity index (χ1n) is 8.41. The molecule has 0 spiro atoms. The number of nitrogens with zero attached hydrogens (tertiary/aromatic N) is 3. The van der Waals surface area contributed by atoms with Crippen LogP contribution in [-0.4, -0.2) is 36.7 Å². The molecule has 0 aliphatic heterocycles. The van der Waals surface area contributed by atoms with E-state index in [-0.39, 0.29) is 4.90 Å². The number of sulfonamides is 1. The highest BCUT2D eigenvalue weighted by molar-refractivity contribution is 7.89. The van der Waals surface area contributed by atoms with Crippen molar-refractivity contribution in [2.45, 2.75) is 17.9 Å². The van der Waals surface area contributed by atoms with Crippen molar-refractivity contribution in [3.63, 3.8) is 0 Å². The molecule has 0 aliphatic rings. The van der Waals surface area contributed by atoms with Crippen LogP contribution in [-0.2, 0) is 23.0 Å². The Hall–Kier alpha value is -2.19. The minimum absolute atomic E-state index is 0.132. The fraction of sp³-hybridized carbons (Fsp3) is 0.211. The molecule has 142 valence electrons. The van der Waals surface area contributed by atoms with Gasteiger partial charge in [0.1, 0.15) is 0 Å². The number of rotatable bonds is 7. The van der Waals surface area contributed by atoms with Crippen molar-refractivity contribution >= 4 is 21.6 Å². The Kier molecular flexibility index (Phi) is 5.96. The molecule has 1 aromatic heterocycles. The van der Waals surface area contributed by atoms with Gasteiger partial charge in [0.15, 0.2) is 0 Å². The lowest BCUT2D eigenvalue weighted by atomic mass is 10.1. The molecule has 0 fully saturated rings. The second kappa shape index (κ2) is 8.22. The Morgan fingerprint density at radius 3 is 2.56 bits per heavy atom. The number of benzene rings is 2. The van der Waals surface area contributed by atoms with Crippen LogP contribution in [0.15, 0.2) is 65.8 Å². The fourth-order valence-corrected chi connectivity index (χ4v) is 3.46. The van der Waals surface area contributed by atoms with Crippen molar-refractivity contribution in [2.75, 3.05) is 13.6 Å². The third-order valence-corrected chi connectivity index (χ3v) is 5.36. The van der Waals surface area contributed by atoms with Gasteiger partial charge in [0.2, 0.25) is 10.0 Å². The molecule has 2 N–H and O–H groups in total. The molecule has 0 amide bonds. The third-order valence-electron chi connectivity index (χ3n) is 4.20. The molecule has 3 aromatic rings. The second-order valence-electron chi connectivity index (χ2n) is 6.45. The number of halogens is 1. The lowest BCUT2D eigenvalue weighted by Crippen LogP contribution is -2.20. The summed E-state index contributed by atoms with van der Waals surface area (Å²) < 4.78 is 24.4. The molecule has 0 radical (unpaired) electrons. The summed E-state index contributed by atoms with van der Waals surface area (Å²) in [6.45, 7) is 1.59. The smallest absolute Gasteiger partial charge is 0.238 e. The second-order valence-corrected chi connectivity index (χ2v) is 8.45. The van der Waals surface area contributed by atoms with Crippen molar-refractivity contribution in [3.8, 4) is 5.69 Å². The van der Waals surface area contributed by atoms with E-state index in [0.29, 0.717) is 5.02 Å². The molecule has 8 heteroatoms. The largest absolute Gasteiger partial charge is 0.302 e. The molecule has 0 unspecified atom stereocenters. The Labute approximate surface area is 164 Å². The van der Waals surface area contributed by atoms with E-state index in [0.717, 1.165) is 36.3 Å². The van der Waals surface area contributed by atoms with Crippen LogP contribution in [0, 0.1) is 0 Å². The maximum atomic E-state index is 11.3. The van der Waals surface area contributed by atoms with E-state index in [9.17, 15) is 8.42 Å². The lowest BCUT2D eigenvalue weighted by molar-refractivity contribution is 0.331. The quantitative estimate of drug-likeness (QED) is 0.656. The lowest BCUT2D eigenvalue weighted by Gasteiger charge is -2.15. The molecule has 6 nitrogen and oxygen atoms in total. The highest BCUT2D eigenvalue weighted by atomic mass is 35.5. The molecule has 0 atom stereocenters. The molecule has 27 heavy (non-hydrogen) atoms. The van der Waals surface area contributed by atoms with Crippen LogP contribution < -0.4 is 5.14 Å². The van der Waals surface area contributed by atoms with Gasteiger partial charge in [-0.15, -0.1) is 0 Å². The summed E-state index contributed by atoms with van der Waals surface area (Å²) in [6, 6.07) is 14.2. The van der Waals surface area contributed by atoms with Gasteiger partial charge in [-0.1, -0.05) is 29.8 Å². The number of hydrogen-bond acceptors (Lipinski definition) is 4. The summed E-state index contributed by atoms with van der Waals surface area (Å²) in [6.07, 6.45) is 4.64. The molecular weight excluding hydrogens is 384 g/mol. The van der Waals surface area contributed by atoms with E-state index < -0.39 is 10.0 Å². The molecule has 0 saturated carbocycles. The van der Waals surface area contributed by atoms with Crippen LogP contribution in [0.2, 0.25) is 5.02 Å². The SMILES string of the molecule is CN(CCc1ccc(S(N)(=O)=O)cc1)Cc1cnn(-c2cccc(Cl)c2)c1. The van der Waals surface area contributed by atoms with Gasteiger partial charge in [0, 0.05) is 29.9 Å². The number of primary sulfonamides is 1. The molecule has 0 bridgehead atoms. The van der Waals surface area contributed by atoms with Gasteiger partial charge in [-0.25, -0.2) is 18.2 Å². The summed E-state index contributed by atoms with van der Waals surface area (Å²) in [5.41, 5.74) is 3.08. The van der Waals surface area contributed by atoms with E-state index in [1.54, 1.807) is 28.9 Å². The molecule has 2 aromatic carbocycles. The van der Waals surface area contributed by atoms with E-state index in [2.05, 4.69) is 10.00 Å². The highest BCUT2D eigenvalue weighted by Gasteiger charge is 2.08. The molecule has 1 heterocycles. The van der Waals surface area contributed by atoms with Gasteiger partial charge in [-0.05, 0) is 49.4 Å². The van der Waals surface area contributed by atoms with Crippen molar-refractivity contribution in [1.29, 1.82) is 0 Å². The third kappa shape index (κ3) is 5.40. The average Bonchev–Trinajstić information content (AvgIpc) is 3.08. The van der Waals surface area contributed by atoms with Crippen LogP contribution in [0.5, 0.6) is 0 Å². The van der Waals surface area contributed by atoms with E-state index >= 15 is 0 Å². The molecule has 0 aliphatic carbocycles. The van der Waals surface area contributed by atoms with E-state index in [1.807, 2.05) is 43.7 Å². The number of hydrogen-bond donors (Lipinski definition) is 1. The predicted molar refractivity (Wildman–Crippen MR) is 106 cm³/mol. The van der Waals surface area contributed by atoms with Crippen molar-refractivity contribution < 1.29 is 8.42 Å². The molecule has 3 rings (SSSR count). The Balaban J connectivity index is 1.56. The first-order chi connectivity index (χ1) is 12.8. The van der Waals surface area contributed by atoms with Crippen molar-refractivity contribution in [3.05, 3.63) is 77.1 Å². The minimum Gasteiger partial charge on any atom is -0.302 e. The normalized spacial score (nSPS) is 11.9. The van der Waals surface area contributed by atoms with Crippen LogP contribution in [0.3, 0.4) is 0 Å². The zero-order valence-electron chi connectivity index (χ0n) is 14.9.